The number of hydrogen-bond acceptors (Lipinski definition) is 2. The van der Waals surface area contributed by atoms with Crippen LogP contribution in [0, 0.1) is 0 Å². The van der Waals surface area contributed by atoms with Crippen molar-refractivity contribution in [1.29, 1.82) is 0 Å². The molecule has 2 heteroatoms. The van der Waals surface area contributed by atoms with Gasteiger partial charge in [-0.1, -0.05) is 13.8 Å². The van der Waals surface area contributed by atoms with Crippen molar-refractivity contribution in [3.63, 3.8) is 0 Å². The molecule has 1 N–H and O–H groups in total. The van der Waals surface area contributed by atoms with Crippen LogP contribution in [0.1, 0.15) is 52.9 Å². The molecule has 1 rings (SSSR count). The van der Waals surface area contributed by atoms with Crippen LogP contribution < -0.4 is 5.32 Å². The van der Waals surface area contributed by atoms with Crippen molar-refractivity contribution in [2.24, 2.45) is 0 Å². The first-order valence-corrected chi connectivity index (χ1v) is 6.10. The van der Waals surface area contributed by atoms with Gasteiger partial charge in [0.1, 0.15) is 0 Å². The van der Waals surface area contributed by atoms with Gasteiger partial charge in [-0.05, 0) is 45.6 Å². The number of ether oxygens (including phenoxy) is 1. The lowest BCUT2D eigenvalue weighted by molar-refractivity contribution is -0.0891. The molecule has 0 aliphatic carbocycles. The van der Waals surface area contributed by atoms with Crippen LogP contribution in [0.5, 0.6) is 0 Å². The molecule has 14 heavy (non-hydrogen) atoms. The molecule has 1 heterocycles. The van der Waals surface area contributed by atoms with Crippen LogP contribution in [-0.2, 0) is 4.74 Å². The molecular formula is C12H25NO. The van der Waals surface area contributed by atoms with E-state index in [2.05, 4.69) is 26.1 Å². The van der Waals surface area contributed by atoms with Crippen LogP contribution in [0.4, 0.5) is 0 Å². The fraction of sp³-hybridized carbons (Fsp3) is 1.00. The molecule has 0 radical (unpaired) electrons. The Morgan fingerprint density at radius 1 is 1.36 bits per heavy atom. The van der Waals surface area contributed by atoms with Gasteiger partial charge in [0.2, 0.25) is 0 Å². The maximum Gasteiger partial charge on any atom is 0.0806 e. The second-order valence-corrected chi connectivity index (χ2v) is 4.53. The zero-order valence-electron chi connectivity index (χ0n) is 9.94. The van der Waals surface area contributed by atoms with Crippen molar-refractivity contribution >= 4 is 0 Å². The molecule has 1 aliphatic heterocycles. The smallest absolute Gasteiger partial charge is 0.0806 e. The first-order chi connectivity index (χ1) is 6.73. The number of hydrogen-bond donors (Lipinski definition) is 1. The monoisotopic (exact) mass is 199 g/mol. The van der Waals surface area contributed by atoms with Gasteiger partial charge in [-0.25, -0.2) is 0 Å². The van der Waals surface area contributed by atoms with E-state index < -0.39 is 0 Å². The van der Waals surface area contributed by atoms with Crippen LogP contribution in [0.3, 0.4) is 0 Å². The molecule has 1 fully saturated rings. The summed E-state index contributed by atoms with van der Waals surface area (Å²) in [4.78, 5) is 0. The molecule has 0 aromatic carbocycles. The van der Waals surface area contributed by atoms with Crippen LogP contribution in [0.2, 0.25) is 0 Å². The maximum absolute atomic E-state index is 5.95. The van der Waals surface area contributed by atoms with Crippen LogP contribution in [-0.4, -0.2) is 24.8 Å². The third kappa shape index (κ3) is 2.96. The Labute approximate surface area is 88.4 Å². The Bertz CT molecular complexity index is 152. The summed E-state index contributed by atoms with van der Waals surface area (Å²) in [6.07, 6.45) is 6.13. The Morgan fingerprint density at radius 2 is 2.14 bits per heavy atom. The predicted molar refractivity (Wildman–Crippen MR) is 60.6 cm³/mol. The van der Waals surface area contributed by atoms with Gasteiger partial charge in [0, 0.05) is 12.6 Å². The van der Waals surface area contributed by atoms with E-state index in [1.165, 1.54) is 25.7 Å². The fourth-order valence-corrected chi connectivity index (χ4v) is 2.34. The minimum atomic E-state index is 0.0855. The lowest BCUT2D eigenvalue weighted by atomic mass is 9.86. The Hall–Kier alpha value is -0.0800. The van der Waals surface area contributed by atoms with Gasteiger partial charge in [0.15, 0.2) is 0 Å². The van der Waals surface area contributed by atoms with E-state index in [9.17, 15) is 0 Å². The molecule has 0 bridgehead atoms. The maximum atomic E-state index is 5.95. The third-order valence-electron chi connectivity index (χ3n) is 3.29. The van der Waals surface area contributed by atoms with E-state index in [0.29, 0.717) is 6.04 Å². The van der Waals surface area contributed by atoms with Crippen molar-refractivity contribution in [2.45, 2.75) is 64.5 Å². The summed E-state index contributed by atoms with van der Waals surface area (Å²) in [6, 6.07) is 0.530. The summed E-state index contributed by atoms with van der Waals surface area (Å²) < 4.78 is 5.95. The molecule has 1 aliphatic rings. The molecule has 0 aromatic rings. The van der Waals surface area contributed by atoms with Gasteiger partial charge in [-0.3, -0.25) is 0 Å². The van der Waals surface area contributed by atoms with E-state index in [1.807, 2.05) is 0 Å². The van der Waals surface area contributed by atoms with Crippen molar-refractivity contribution in [3.8, 4) is 0 Å². The molecule has 0 amide bonds. The molecular weight excluding hydrogens is 174 g/mol. The largest absolute Gasteiger partial charge is 0.374 e. The third-order valence-corrected chi connectivity index (χ3v) is 3.29. The molecule has 2 unspecified atom stereocenters. The summed E-state index contributed by atoms with van der Waals surface area (Å²) in [5.41, 5.74) is 0.0855. The molecule has 2 atom stereocenters. The van der Waals surface area contributed by atoms with Crippen LogP contribution in [0.15, 0.2) is 0 Å². The molecule has 0 aromatic heterocycles. The molecule has 0 saturated carbocycles. The second-order valence-electron chi connectivity index (χ2n) is 4.53. The van der Waals surface area contributed by atoms with Crippen molar-refractivity contribution in [3.05, 3.63) is 0 Å². The average Bonchev–Trinajstić information content (AvgIpc) is 2.20. The van der Waals surface area contributed by atoms with Crippen LogP contribution in [0.25, 0.3) is 0 Å². The highest BCUT2D eigenvalue weighted by atomic mass is 16.5. The van der Waals surface area contributed by atoms with E-state index >= 15 is 0 Å². The lowest BCUT2D eigenvalue weighted by Gasteiger charge is -2.40. The van der Waals surface area contributed by atoms with Gasteiger partial charge in [-0.2, -0.15) is 0 Å². The highest BCUT2D eigenvalue weighted by molar-refractivity contribution is 4.90. The van der Waals surface area contributed by atoms with Crippen LogP contribution >= 0.6 is 0 Å². The minimum absolute atomic E-state index is 0.0855. The second kappa shape index (κ2) is 5.72. The predicted octanol–water partition coefficient (Wildman–Crippen LogP) is 2.72. The Kier molecular flexibility index (Phi) is 4.90. The molecule has 2 nitrogen and oxygen atoms in total. The average molecular weight is 199 g/mol. The van der Waals surface area contributed by atoms with Crippen molar-refractivity contribution in [2.75, 3.05) is 13.2 Å². The van der Waals surface area contributed by atoms with E-state index in [1.54, 1.807) is 0 Å². The first-order valence-electron chi connectivity index (χ1n) is 6.10. The van der Waals surface area contributed by atoms with Gasteiger partial charge < -0.3 is 10.1 Å². The number of rotatable bonds is 5. The quantitative estimate of drug-likeness (QED) is 0.735. The summed E-state index contributed by atoms with van der Waals surface area (Å²) in [5.74, 6) is 0. The molecule has 1 saturated heterocycles. The SMILES string of the molecule is CCCNC(CC)C1(C)CCCCO1. The minimum Gasteiger partial charge on any atom is -0.374 e. The Balaban J connectivity index is 2.47. The van der Waals surface area contributed by atoms with Crippen molar-refractivity contribution in [1.82, 2.24) is 5.32 Å². The van der Waals surface area contributed by atoms with E-state index in [4.69, 9.17) is 4.74 Å². The standard InChI is InChI=1S/C12H25NO/c1-4-9-13-11(5-2)12(3)8-6-7-10-14-12/h11,13H,4-10H2,1-3H3. The van der Waals surface area contributed by atoms with Crippen molar-refractivity contribution < 1.29 is 4.74 Å². The molecule has 84 valence electrons. The van der Waals surface area contributed by atoms with Gasteiger partial charge in [0.05, 0.1) is 5.60 Å². The normalized spacial score (nSPS) is 30.2. The summed E-state index contributed by atoms with van der Waals surface area (Å²) in [5, 5.41) is 3.60. The van der Waals surface area contributed by atoms with Gasteiger partial charge >= 0.3 is 0 Å². The first kappa shape index (κ1) is 12.0. The van der Waals surface area contributed by atoms with E-state index in [-0.39, 0.29) is 5.60 Å². The van der Waals surface area contributed by atoms with Gasteiger partial charge in [0.25, 0.3) is 0 Å². The summed E-state index contributed by atoms with van der Waals surface area (Å²) in [6.45, 7) is 8.78. The summed E-state index contributed by atoms with van der Waals surface area (Å²) >= 11 is 0. The highest BCUT2D eigenvalue weighted by Gasteiger charge is 2.35. The van der Waals surface area contributed by atoms with E-state index in [0.717, 1.165) is 19.6 Å². The highest BCUT2D eigenvalue weighted by Crippen LogP contribution is 2.29. The zero-order chi connectivity index (χ0) is 10.4. The Morgan fingerprint density at radius 3 is 2.64 bits per heavy atom. The topological polar surface area (TPSA) is 21.3 Å². The molecule has 0 spiro atoms. The zero-order valence-corrected chi connectivity index (χ0v) is 9.94. The number of nitrogens with one attached hydrogen (secondary N) is 1. The fourth-order valence-electron chi connectivity index (χ4n) is 2.34. The van der Waals surface area contributed by atoms with Gasteiger partial charge in [-0.15, -0.1) is 0 Å². The lowest BCUT2D eigenvalue weighted by Crippen LogP contribution is -2.52. The summed E-state index contributed by atoms with van der Waals surface area (Å²) in [7, 11) is 0.